The molecule has 2 aromatic heterocycles. The van der Waals surface area contributed by atoms with E-state index in [0.29, 0.717) is 45.4 Å². The number of carbonyl (C=O) groups excluding carboxylic acids is 1. The summed E-state index contributed by atoms with van der Waals surface area (Å²) in [5.74, 6) is -0.183. The van der Waals surface area contributed by atoms with Crippen LogP contribution in [0.15, 0.2) is 127 Å². The number of aromatic nitrogens is 4. The Morgan fingerprint density at radius 3 is 1.47 bits per heavy atom. The number of aryl methyl sites for hydroxylation is 2. The first-order valence-electron chi connectivity index (χ1n) is 15.3. The highest BCUT2D eigenvalue weighted by Gasteiger charge is 2.18. The molecule has 0 saturated heterocycles. The maximum atomic E-state index is 12.9. The molecule has 6 rings (SSSR count). The number of nitrogens with two attached hydrogens (primary N) is 2. The minimum atomic E-state index is -4.43. The largest absolute Gasteiger partial charge is 0.382 e. The summed E-state index contributed by atoms with van der Waals surface area (Å²) in [6, 6.07) is 23.8. The molecular weight excluding hydrogens is 727 g/mol. The van der Waals surface area contributed by atoms with Crippen LogP contribution in [0.25, 0.3) is 11.4 Å². The number of rotatable bonds is 10. The summed E-state index contributed by atoms with van der Waals surface area (Å²) in [6.45, 7) is 3.32. The van der Waals surface area contributed by atoms with E-state index in [0.717, 1.165) is 0 Å². The van der Waals surface area contributed by atoms with Crippen molar-refractivity contribution >= 4 is 66.2 Å². The fourth-order valence-corrected chi connectivity index (χ4v) is 6.02. The van der Waals surface area contributed by atoms with Gasteiger partial charge in [0.15, 0.2) is 23.0 Å². The van der Waals surface area contributed by atoms with Crippen LogP contribution in [0.3, 0.4) is 0 Å². The van der Waals surface area contributed by atoms with Crippen LogP contribution >= 0.6 is 0 Å². The van der Waals surface area contributed by atoms with E-state index in [9.17, 15) is 30.7 Å². The fourth-order valence-electron chi connectivity index (χ4n) is 4.98. The molecule has 1 amide bonds. The van der Waals surface area contributed by atoms with Gasteiger partial charge in [0, 0.05) is 11.3 Å². The lowest BCUT2D eigenvalue weighted by Crippen LogP contribution is -2.11. The highest BCUT2D eigenvalue weighted by atomic mass is 32.2. The highest BCUT2D eigenvalue weighted by Crippen LogP contribution is 2.33. The van der Waals surface area contributed by atoms with Crippen LogP contribution in [0.5, 0.6) is 0 Å². The standard InChI is InChI=1S/C33H29N11O7S2/c1-19-29(31(34)43(41-19)25-5-3-7-27(17-25)52(46,47)48)39-37-23-11-9-21(10-12-23)33(45)36-22-13-15-24(16-14-22)38-40-30-20(2)42-44(32(30)35)26-6-4-8-28(18-26)53(49,50)51/h3-18H,34-35H2,1-2H3,(H,36,45)(H,46,47,48)(H,49,50,51). The number of azo groups is 2. The minimum Gasteiger partial charge on any atom is -0.382 e. The summed E-state index contributed by atoms with van der Waals surface area (Å²) < 4.78 is 67.5. The van der Waals surface area contributed by atoms with Gasteiger partial charge >= 0.3 is 0 Å². The number of nitrogens with one attached hydrogen (secondary N) is 1. The van der Waals surface area contributed by atoms with E-state index >= 15 is 0 Å². The molecule has 0 aliphatic carbocycles. The maximum Gasteiger partial charge on any atom is 0.294 e. The van der Waals surface area contributed by atoms with Crippen LogP contribution in [-0.2, 0) is 20.2 Å². The van der Waals surface area contributed by atoms with Gasteiger partial charge in [-0.25, -0.2) is 9.36 Å². The molecule has 0 atom stereocenters. The van der Waals surface area contributed by atoms with Crippen LogP contribution in [0.4, 0.5) is 40.1 Å². The second kappa shape index (κ2) is 14.2. The first kappa shape index (κ1) is 36.2. The van der Waals surface area contributed by atoms with E-state index in [2.05, 4.69) is 36.0 Å². The second-order valence-corrected chi connectivity index (χ2v) is 14.2. The minimum absolute atomic E-state index is 0.0970. The molecule has 0 aliphatic rings. The van der Waals surface area contributed by atoms with Crippen molar-refractivity contribution in [3.05, 3.63) is 114 Å². The maximum absolute atomic E-state index is 12.9. The molecule has 0 bridgehead atoms. The SMILES string of the molecule is Cc1nn(-c2cccc(S(=O)(=O)O)c2)c(N)c1N=Nc1ccc(NC(=O)c2ccc(N=Nc3c(C)nn(-c4cccc(S(=O)(=O)O)c4)c3N)cc2)cc1. The monoisotopic (exact) mass is 755 g/mol. The molecule has 0 unspecified atom stereocenters. The smallest absolute Gasteiger partial charge is 0.294 e. The van der Waals surface area contributed by atoms with E-state index in [-0.39, 0.29) is 38.7 Å². The summed E-state index contributed by atoms with van der Waals surface area (Å²) >= 11 is 0. The van der Waals surface area contributed by atoms with Crippen molar-refractivity contribution in [2.45, 2.75) is 23.6 Å². The number of amides is 1. The normalized spacial score (nSPS) is 12.2. The average Bonchev–Trinajstić information content (AvgIpc) is 3.58. The third-order valence-electron chi connectivity index (χ3n) is 7.63. The lowest BCUT2D eigenvalue weighted by atomic mass is 10.2. The summed E-state index contributed by atoms with van der Waals surface area (Å²) in [6.07, 6.45) is 0. The van der Waals surface area contributed by atoms with Crippen molar-refractivity contribution in [1.82, 2.24) is 19.6 Å². The number of carbonyl (C=O) groups is 1. The van der Waals surface area contributed by atoms with E-state index in [1.165, 1.54) is 45.8 Å². The third kappa shape index (κ3) is 7.99. The fraction of sp³-hybridized carbons (Fsp3) is 0.0606. The highest BCUT2D eigenvalue weighted by molar-refractivity contribution is 7.86. The summed E-state index contributed by atoms with van der Waals surface area (Å²) in [5.41, 5.74) is 16.2. The zero-order chi connectivity index (χ0) is 38.1. The first-order chi connectivity index (χ1) is 25.1. The quantitative estimate of drug-likeness (QED) is 0.0752. The van der Waals surface area contributed by atoms with Crippen LogP contribution in [-0.4, -0.2) is 51.4 Å². The molecule has 2 heterocycles. The van der Waals surface area contributed by atoms with Gasteiger partial charge in [-0.2, -0.15) is 37.3 Å². The zero-order valence-electron chi connectivity index (χ0n) is 27.7. The first-order valence-corrected chi connectivity index (χ1v) is 18.2. The average molecular weight is 756 g/mol. The van der Waals surface area contributed by atoms with Crippen molar-refractivity contribution in [2.75, 3.05) is 16.8 Å². The molecule has 270 valence electrons. The Kier molecular flexibility index (Phi) is 9.69. The van der Waals surface area contributed by atoms with Gasteiger partial charge in [0.05, 0.1) is 43.9 Å². The van der Waals surface area contributed by atoms with Crippen LogP contribution < -0.4 is 16.8 Å². The molecule has 20 heteroatoms. The molecule has 0 fully saturated rings. The van der Waals surface area contributed by atoms with E-state index in [4.69, 9.17) is 11.5 Å². The number of hydrogen-bond acceptors (Lipinski definition) is 13. The van der Waals surface area contributed by atoms with Gasteiger partial charge in [-0.1, -0.05) is 12.1 Å². The Bertz CT molecular complexity index is 2650. The molecule has 7 N–H and O–H groups in total. The van der Waals surface area contributed by atoms with E-state index < -0.39 is 20.2 Å². The molecular formula is C33H29N11O7S2. The van der Waals surface area contributed by atoms with E-state index in [1.54, 1.807) is 74.5 Å². The van der Waals surface area contributed by atoms with Crippen LogP contribution in [0, 0.1) is 13.8 Å². The summed E-state index contributed by atoms with van der Waals surface area (Å²) in [5, 5.41) is 28.3. The van der Waals surface area contributed by atoms with Gasteiger partial charge in [0.2, 0.25) is 0 Å². The van der Waals surface area contributed by atoms with Gasteiger partial charge in [0.25, 0.3) is 26.1 Å². The van der Waals surface area contributed by atoms with Gasteiger partial charge in [0.1, 0.15) is 0 Å². The predicted molar refractivity (Wildman–Crippen MR) is 194 cm³/mol. The van der Waals surface area contributed by atoms with Crippen LogP contribution in [0.1, 0.15) is 21.7 Å². The molecule has 0 radical (unpaired) electrons. The van der Waals surface area contributed by atoms with Gasteiger partial charge in [-0.15, -0.1) is 10.2 Å². The predicted octanol–water partition coefficient (Wildman–Crippen LogP) is 6.42. The molecule has 53 heavy (non-hydrogen) atoms. The molecule has 18 nitrogen and oxygen atoms in total. The van der Waals surface area contributed by atoms with E-state index in [1.807, 2.05) is 0 Å². The number of hydrogen-bond donors (Lipinski definition) is 5. The Balaban J connectivity index is 1.09. The van der Waals surface area contributed by atoms with Crippen molar-refractivity contribution < 1.29 is 30.7 Å². The van der Waals surface area contributed by atoms with Gasteiger partial charge in [-0.05, 0) is 98.8 Å². The number of nitrogen functional groups attached to an aromatic ring is 2. The van der Waals surface area contributed by atoms with Crippen molar-refractivity contribution in [3.63, 3.8) is 0 Å². The van der Waals surface area contributed by atoms with Crippen LogP contribution in [0.2, 0.25) is 0 Å². The lowest BCUT2D eigenvalue weighted by Gasteiger charge is -2.06. The molecule has 0 aliphatic heterocycles. The van der Waals surface area contributed by atoms with Gasteiger partial charge < -0.3 is 16.8 Å². The van der Waals surface area contributed by atoms with Crippen molar-refractivity contribution in [1.29, 1.82) is 0 Å². The summed E-state index contributed by atoms with van der Waals surface area (Å²) in [7, 11) is -8.86. The second-order valence-electron chi connectivity index (χ2n) is 11.4. The Labute approximate surface area is 302 Å². The lowest BCUT2D eigenvalue weighted by molar-refractivity contribution is 0.102. The Morgan fingerprint density at radius 1 is 0.642 bits per heavy atom. The molecule has 6 aromatic rings. The molecule has 0 spiro atoms. The number of nitrogens with zero attached hydrogens (tertiary/aromatic N) is 8. The molecule has 0 saturated carbocycles. The Hall–Kier alpha value is -6.61. The zero-order valence-corrected chi connectivity index (χ0v) is 29.4. The van der Waals surface area contributed by atoms with Crippen molar-refractivity contribution in [3.8, 4) is 11.4 Å². The molecule has 4 aromatic carbocycles. The Morgan fingerprint density at radius 2 is 1.06 bits per heavy atom. The van der Waals surface area contributed by atoms with Gasteiger partial charge in [-0.3, -0.25) is 13.9 Å². The topological polar surface area (TPSA) is 275 Å². The number of anilines is 3. The number of benzene rings is 4. The summed E-state index contributed by atoms with van der Waals surface area (Å²) in [4.78, 5) is 12.3. The van der Waals surface area contributed by atoms with Crippen molar-refractivity contribution in [2.24, 2.45) is 20.5 Å². The third-order valence-corrected chi connectivity index (χ3v) is 9.33.